The molecule has 0 aromatic heterocycles. The Morgan fingerprint density at radius 2 is 2.12 bits per heavy atom. The number of hydrogen-bond donors (Lipinski definition) is 1. The van der Waals surface area contributed by atoms with Gasteiger partial charge in [-0.25, -0.2) is 0 Å². The zero-order valence-corrected chi connectivity index (χ0v) is 9.12. The van der Waals surface area contributed by atoms with Crippen LogP contribution in [0.5, 0.6) is 5.75 Å². The summed E-state index contributed by atoms with van der Waals surface area (Å²) in [5.41, 5.74) is 1.79. The summed E-state index contributed by atoms with van der Waals surface area (Å²) < 4.78 is 5.79. The summed E-state index contributed by atoms with van der Waals surface area (Å²) >= 11 is 0. The average molecular weight is 214 g/mol. The van der Waals surface area contributed by atoms with Crippen molar-refractivity contribution >= 4 is 5.69 Å². The molecule has 0 saturated heterocycles. The van der Waals surface area contributed by atoms with Crippen LogP contribution in [0.3, 0.4) is 0 Å². The molecule has 1 heterocycles. The van der Waals surface area contributed by atoms with E-state index in [9.17, 15) is 0 Å². The second-order valence-corrected chi connectivity index (χ2v) is 4.72. The van der Waals surface area contributed by atoms with Crippen LogP contribution in [0.1, 0.15) is 31.2 Å². The zero-order valence-electron chi connectivity index (χ0n) is 9.12. The standard InChI is InChI=1S/C13H14N2O/c14-8-10-3-4-12-11(7-10)15-13(9-16-12)5-1-2-6-13/h3-4,7,15H,1-2,5-6,9H2. The van der Waals surface area contributed by atoms with Crippen LogP contribution in [0.15, 0.2) is 18.2 Å². The van der Waals surface area contributed by atoms with E-state index in [2.05, 4.69) is 11.4 Å². The molecule has 0 unspecified atom stereocenters. The smallest absolute Gasteiger partial charge is 0.142 e. The van der Waals surface area contributed by atoms with E-state index in [-0.39, 0.29) is 5.54 Å². The van der Waals surface area contributed by atoms with Crippen molar-refractivity contribution in [2.75, 3.05) is 11.9 Å². The molecule has 16 heavy (non-hydrogen) atoms. The number of nitrogens with one attached hydrogen (secondary N) is 1. The Kier molecular flexibility index (Phi) is 2.03. The van der Waals surface area contributed by atoms with Crippen LogP contribution in [0, 0.1) is 11.3 Å². The van der Waals surface area contributed by atoms with Gasteiger partial charge in [-0.1, -0.05) is 12.8 Å². The summed E-state index contributed by atoms with van der Waals surface area (Å²) in [6, 6.07) is 7.72. The molecule has 0 radical (unpaired) electrons. The first kappa shape index (κ1) is 9.53. The maximum absolute atomic E-state index is 8.88. The first-order valence-corrected chi connectivity index (χ1v) is 5.77. The molecule has 1 aliphatic carbocycles. The highest BCUT2D eigenvalue weighted by Crippen LogP contribution is 2.40. The molecule has 2 aliphatic rings. The zero-order chi connectivity index (χ0) is 11.0. The van der Waals surface area contributed by atoms with Crippen molar-refractivity contribution < 1.29 is 4.74 Å². The number of nitrogens with zero attached hydrogens (tertiary/aromatic N) is 1. The second-order valence-electron chi connectivity index (χ2n) is 4.72. The number of fused-ring (bicyclic) bond motifs is 1. The van der Waals surface area contributed by atoms with E-state index in [1.165, 1.54) is 25.7 Å². The van der Waals surface area contributed by atoms with Crippen LogP contribution in [0.2, 0.25) is 0 Å². The van der Waals surface area contributed by atoms with Gasteiger partial charge in [0.05, 0.1) is 22.9 Å². The van der Waals surface area contributed by atoms with Crippen molar-refractivity contribution in [2.45, 2.75) is 31.2 Å². The van der Waals surface area contributed by atoms with Crippen LogP contribution in [-0.2, 0) is 0 Å². The van der Waals surface area contributed by atoms with Gasteiger partial charge in [-0.05, 0) is 31.0 Å². The minimum Gasteiger partial charge on any atom is -0.489 e. The molecule has 0 amide bonds. The van der Waals surface area contributed by atoms with Crippen molar-refractivity contribution in [3.8, 4) is 11.8 Å². The van der Waals surface area contributed by atoms with Gasteiger partial charge in [-0.15, -0.1) is 0 Å². The lowest BCUT2D eigenvalue weighted by Gasteiger charge is -2.36. The van der Waals surface area contributed by atoms with E-state index >= 15 is 0 Å². The average Bonchev–Trinajstić information content (AvgIpc) is 2.76. The van der Waals surface area contributed by atoms with E-state index in [1.807, 2.05) is 12.1 Å². The van der Waals surface area contributed by atoms with Gasteiger partial charge in [0.1, 0.15) is 12.4 Å². The molecule has 1 spiro atoms. The Bertz CT molecular complexity index is 455. The predicted octanol–water partition coefficient (Wildman–Crippen LogP) is 2.68. The molecule has 3 rings (SSSR count). The van der Waals surface area contributed by atoms with Gasteiger partial charge in [-0.2, -0.15) is 5.26 Å². The van der Waals surface area contributed by atoms with Crippen molar-refractivity contribution in [1.29, 1.82) is 5.26 Å². The fourth-order valence-electron chi connectivity index (χ4n) is 2.68. The van der Waals surface area contributed by atoms with Crippen molar-refractivity contribution in [3.05, 3.63) is 23.8 Å². The van der Waals surface area contributed by atoms with Crippen LogP contribution in [0.25, 0.3) is 0 Å². The summed E-state index contributed by atoms with van der Waals surface area (Å²) in [5.74, 6) is 0.872. The summed E-state index contributed by atoms with van der Waals surface area (Å²) in [5, 5.41) is 12.4. The van der Waals surface area contributed by atoms with Crippen molar-refractivity contribution in [2.24, 2.45) is 0 Å². The van der Waals surface area contributed by atoms with E-state index in [4.69, 9.17) is 10.00 Å². The Balaban J connectivity index is 1.95. The molecule has 1 saturated carbocycles. The summed E-state index contributed by atoms with van der Waals surface area (Å²) in [4.78, 5) is 0. The number of benzene rings is 1. The quantitative estimate of drug-likeness (QED) is 0.722. The topological polar surface area (TPSA) is 45.0 Å². The van der Waals surface area contributed by atoms with Gasteiger partial charge >= 0.3 is 0 Å². The van der Waals surface area contributed by atoms with Crippen molar-refractivity contribution in [3.63, 3.8) is 0 Å². The molecule has 0 atom stereocenters. The molecule has 1 aromatic rings. The Morgan fingerprint density at radius 1 is 1.31 bits per heavy atom. The minimum absolute atomic E-state index is 0.126. The van der Waals surface area contributed by atoms with Gasteiger partial charge in [0, 0.05) is 0 Å². The largest absolute Gasteiger partial charge is 0.489 e. The molecule has 1 fully saturated rings. The molecule has 1 aromatic carbocycles. The minimum atomic E-state index is 0.126. The molecular weight excluding hydrogens is 200 g/mol. The molecule has 3 heteroatoms. The van der Waals surface area contributed by atoms with Gasteiger partial charge in [0.25, 0.3) is 0 Å². The highest BCUT2D eigenvalue weighted by Gasteiger charge is 2.37. The molecule has 0 bridgehead atoms. The molecule has 1 aliphatic heterocycles. The van der Waals surface area contributed by atoms with Crippen LogP contribution in [0.4, 0.5) is 5.69 Å². The lowest BCUT2D eigenvalue weighted by Crippen LogP contribution is -2.44. The summed E-state index contributed by atoms with van der Waals surface area (Å²) in [7, 11) is 0. The van der Waals surface area contributed by atoms with Crippen molar-refractivity contribution in [1.82, 2.24) is 0 Å². The van der Waals surface area contributed by atoms with Crippen LogP contribution in [-0.4, -0.2) is 12.1 Å². The molecule has 1 N–H and O–H groups in total. The van der Waals surface area contributed by atoms with Gasteiger partial charge < -0.3 is 10.1 Å². The van der Waals surface area contributed by atoms with Crippen LogP contribution < -0.4 is 10.1 Å². The number of hydrogen-bond acceptors (Lipinski definition) is 3. The highest BCUT2D eigenvalue weighted by molar-refractivity contribution is 5.62. The third-order valence-corrected chi connectivity index (χ3v) is 3.57. The first-order valence-electron chi connectivity index (χ1n) is 5.77. The van der Waals surface area contributed by atoms with E-state index < -0.39 is 0 Å². The lowest BCUT2D eigenvalue weighted by molar-refractivity contribution is 0.221. The monoisotopic (exact) mass is 214 g/mol. The molecule has 82 valence electrons. The van der Waals surface area contributed by atoms with Gasteiger partial charge in [0.2, 0.25) is 0 Å². The van der Waals surface area contributed by atoms with E-state index in [0.29, 0.717) is 5.56 Å². The number of rotatable bonds is 0. The third-order valence-electron chi connectivity index (χ3n) is 3.57. The normalized spacial score (nSPS) is 20.7. The SMILES string of the molecule is N#Cc1ccc2c(c1)NC1(CCCC1)CO2. The predicted molar refractivity (Wildman–Crippen MR) is 61.5 cm³/mol. The Labute approximate surface area is 95.0 Å². The molecular formula is C13H14N2O. The number of anilines is 1. The van der Waals surface area contributed by atoms with E-state index in [1.54, 1.807) is 6.07 Å². The number of nitriles is 1. The third kappa shape index (κ3) is 1.42. The Hall–Kier alpha value is -1.69. The summed E-state index contributed by atoms with van der Waals surface area (Å²) in [6.45, 7) is 0.756. The maximum atomic E-state index is 8.88. The van der Waals surface area contributed by atoms with Gasteiger partial charge in [-0.3, -0.25) is 0 Å². The van der Waals surface area contributed by atoms with Crippen LogP contribution >= 0.6 is 0 Å². The fourth-order valence-corrected chi connectivity index (χ4v) is 2.68. The summed E-state index contributed by atoms with van der Waals surface area (Å²) in [6.07, 6.45) is 4.87. The number of ether oxygens (including phenoxy) is 1. The second kappa shape index (κ2) is 3.41. The lowest BCUT2D eigenvalue weighted by atomic mass is 9.96. The molecule has 3 nitrogen and oxygen atoms in total. The maximum Gasteiger partial charge on any atom is 0.142 e. The first-order chi connectivity index (χ1) is 7.81. The van der Waals surface area contributed by atoms with E-state index in [0.717, 1.165) is 18.0 Å². The Morgan fingerprint density at radius 3 is 2.88 bits per heavy atom. The van der Waals surface area contributed by atoms with Gasteiger partial charge in [0.15, 0.2) is 0 Å². The fraction of sp³-hybridized carbons (Fsp3) is 0.462. The highest BCUT2D eigenvalue weighted by atomic mass is 16.5.